The predicted molar refractivity (Wildman–Crippen MR) is 33.8 cm³/mol. The van der Waals surface area contributed by atoms with Gasteiger partial charge < -0.3 is 14.7 Å². The number of aliphatic hydroxyl groups excluding tert-OH is 1. The van der Waals surface area contributed by atoms with Crippen molar-refractivity contribution in [2.24, 2.45) is 0 Å². The van der Waals surface area contributed by atoms with Crippen molar-refractivity contribution < 1.29 is 19.5 Å². The normalized spacial score (nSPS) is 12.9. The van der Waals surface area contributed by atoms with Crippen LogP contribution < -0.4 is 0 Å². The molecule has 0 aliphatic rings. The molecular weight excluding hydrogens is 150 g/mol. The number of carbonyl (C=O) groups is 1. The lowest BCUT2D eigenvalue weighted by Crippen LogP contribution is -2.10. The molecule has 1 unspecified atom stereocenters. The fourth-order valence-corrected chi connectivity index (χ4v) is 0.641. The molecule has 0 aliphatic heterocycles. The summed E-state index contributed by atoms with van der Waals surface area (Å²) in [6.45, 7) is 1.62. The Kier molecular flexibility index (Phi) is 1.91. The zero-order chi connectivity index (χ0) is 8.43. The van der Waals surface area contributed by atoms with E-state index in [1.54, 1.807) is 6.92 Å². The first-order valence-corrected chi connectivity index (χ1v) is 2.95. The van der Waals surface area contributed by atoms with Crippen LogP contribution in [0.15, 0.2) is 10.6 Å². The second-order valence-electron chi connectivity index (χ2n) is 2.10. The zero-order valence-corrected chi connectivity index (χ0v) is 5.81. The molecule has 0 radical (unpaired) electrons. The Morgan fingerprint density at radius 3 is 2.82 bits per heavy atom. The van der Waals surface area contributed by atoms with Gasteiger partial charge >= 0.3 is 5.97 Å². The maximum Gasteiger partial charge on any atom is 0.339 e. The summed E-state index contributed by atoms with van der Waals surface area (Å²) in [6, 6.07) is 1.37. The fourth-order valence-electron chi connectivity index (χ4n) is 0.641. The quantitative estimate of drug-likeness (QED) is 0.636. The number of carboxylic acids is 1. The highest BCUT2D eigenvalue weighted by molar-refractivity contribution is 5.73. The van der Waals surface area contributed by atoms with Gasteiger partial charge in [-0.1, -0.05) is 5.16 Å². The molecule has 0 aliphatic carbocycles. The van der Waals surface area contributed by atoms with E-state index in [4.69, 9.17) is 10.2 Å². The maximum absolute atomic E-state index is 10.2. The molecule has 5 heteroatoms. The van der Waals surface area contributed by atoms with Crippen LogP contribution in [-0.2, 0) is 4.79 Å². The molecule has 5 nitrogen and oxygen atoms in total. The van der Waals surface area contributed by atoms with Gasteiger partial charge in [-0.25, -0.2) is 4.79 Å². The van der Waals surface area contributed by atoms with Crippen molar-refractivity contribution in [2.45, 2.75) is 13.0 Å². The van der Waals surface area contributed by atoms with Gasteiger partial charge in [-0.2, -0.15) is 0 Å². The van der Waals surface area contributed by atoms with E-state index in [1.165, 1.54) is 6.07 Å². The van der Waals surface area contributed by atoms with Crippen molar-refractivity contribution in [3.63, 3.8) is 0 Å². The first-order chi connectivity index (χ1) is 5.11. The SMILES string of the molecule is Cc1cc(C(O)C(=O)O)no1. The first-order valence-electron chi connectivity index (χ1n) is 2.95. The Labute approximate surface area is 62.2 Å². The summed E-state index contributed by atoms with van der Waals surface area (Å²) in [6.07, 6.45) is -1.59. The topological polar surface area (TPSA) is 83.6 Å². The van der Waals surface area contributed by atoms with Crippen LogP contribution in [-0.4, -0.2) is 21.3 Å². The lowest BCUT2D eigenvalue weighted by Gasteiger charge is -1.96. The molecule has 0 spiro atoms. The summed E-state index contributed by atoms with van der Waals surface area (Å²) in [7, 11) is 0. The fraction of sp³-hybridized carbons (Fsp3) is 0.333. The number of nitrogens with zero attached hydrogens (tertiary/aromatic N) is 1. The molecule has 1 aromatic heterocycles. The van der Waals surface area contributed by atoms with Gasteiger partial charge in [0, 0.05) is 6.07 Å². The van der Waals surface area contributed by atoms with Gasteiger partial charge in [-0.05, 0) is 6.92 Å². The van der Waals surface area contributed by atoms with E-state index < -0.39 is 12.1 Å². The van der Waals surface area contributed by atoms with Crippen LogP contribution >= 0.6 is 0 Å². The standard InChI is InChI=1S/C6H7NO4/c1-3-2-4(7-11-3)5(8)6(9)10/h2,5,8H,1H3,(H,9,10). The summed E-state index contributed by atoms with van der Waals surface area (Å²) >= 11 is 0. The Morgan fingerprint density at radius 1 is 1.82 bits per heavy atom. The number of carboxylic acid groups (broad SMARTS) is 1. The largest absolute Gasteiger partial charge is 0.479 e. The van der Waals surface area contributed by atoms with Crippen LogP contribution in [0.5, 0.6) is 0 Å². The van der Waals surface area contributed by atoms with Crippen molar-refractivity contribution in [2.75, 3.05) is 0 Å². The van der Waals surface area contributed by atoms with Gasteiger partial charge in [0.1, 0.15) is 11.5 Å². The second kappa shape index (κ2) is 2.71. The van der Waals surface area contributed by atoms with Crippen LogP contribution in [0, 0.1) is 6.92 Å². The van der Waals surface area contributed by atoms with Crippen molar-refractivity contribution >= 4 is 5.97 Å². The Bertz CT molecular complexity index is 267. The van der Waals surface area contributed by atoms with E-state index in [-0.39, 0.29) is 5.69 Å². The van der Waals surface area contributed by atoms with E-state index in [9.17, 15) is 4.79 Å². The van der Waals surface area contributed by atoms with Crippen molar-refractivity contribution in [3.8, 4) is 0 Å². The molecule has 0 saturated heterocycles. The van der Waals surface area contributed by atoms with Gasteiger partial charge in [0.05, 0.1) is 0 Å². The third-order valence-electron chi connectivity index (χ3n) is 1.16. The number of hydrogen-bond acceptors (Lipinski definition) is 4. The van der Waals surface area contributed by atoms with E-state index in [1.807, 2.05) is 0 Å². The van der Waals surface area contributed by atoms with Gasteiger partial charge in [-0.3, -0.25) is 0 Å². The zero-order valence-electron chi connectivity index (χ0n) is 5.81. The molecule has 1 aromatic rings. The number of aliphatic carboxylic acids is 1. The number of aryl methyl sites for hydroxylation is 1. The van der Waals surface area contributed by atoms with Crippen molar-refractivity contribution in [1.82, 2.24) is 5.16 Å². The molecule has 0 amide bonds. The van der Waals surface area contributed by atoms with Gasteiger partial charge in [0.2, 0.25) is 0 Å². The maximum atomic E-state index is 10.2. The summed E-state index contributed by atoms with van der Waals surface area (Å²) in [4.78, 5) is 10.2. The van der Waals surface area contributed by atoms with Gasteiger partial charge in [-0.15, -0.1) is 0 Å². The Morgan fingerprint density at radius 2 is 2.45 bits per heavy atom. The Hall–Kier alpha value is -1.36. The van der Waals surface area contributed by atoms with Gasteiger partial charge in [0.15, 0.2) is 6.10 Å². The van der Waals surface area contributed by atoms with E-state index in [0.29, 0.717) is 5.76 Å². The van der Waals surface area contributed by atoms with Crippen LogP contribution in [0.3, 0.4) is 0 Å². The van der Waals surface area contributed by atoms with Gasteiger partial charge in [0.25, 0.3) is 0 Å². The molecule has 11 heavy (non-hydrogen) atoms. The van der Waals surface area contributed by atoms with E-state index in [0.717, 1.165) is 0 Å². The molecule has 0 saturated carbocycles. The van der Waals surface area contributed by atoms with Crippen molar-refractivity contribution in [1.29, 1.82) is 0 Å². The van der Waals surface area contributed by atoms with Crippen LogP contribution in [0.2, 0.25) is 0 Å². The number of aromatic nitrogens is 1. The third kappa shape index (κ3) is 1.56. The second-order valence-corrected chi connectivity index (χ2v) is 2.10. The highest BCUT2D eigenvalue weighted by atomic mass is 16.5. The first kappa shape index (κ1) is 7.74. The molecule has 0 fully saturated rings. The molecule has 0 aromatic carbocycles. The van der Waals surface area contributed by atoms with E-state index in [2.05, 4.69) is 9.68 Å². The highest BCUT2D eigenvalue weighted by Gasteiger charge is 2.19. The molecule has 1 atom stereocenters. The predicted octanol–water partition coefficient (Wildman–Crippen LogP) is 0.101. The van der Waals surface area contributed by atoms with E-state index >= 15 is 0 Å². The summed E-state index contributed by atoms with van der Waals surface area (Å²) in [5.41, 5.74) is 0.0231. The lowest BCUT2D eigenvalue weighted by atomic mass is 10.2. The number of hydrogen-bond donors (Lipinski definition) is 2. The number of aliphatic hydroxyl groups is 1. The minimum Gasteiger partial charge on any atom is -0.479 e. The van der Waals surface area contributed by atoms with Crippen LogP contribution in [0.25, 0.3) is 0 Å². The smallest absolute Gasteiger partial charge is 0.339 e. The average Bonchev–Trinajstić information content (AvgIpc) is 2.34. The molecular formula is C6H7NO4. The minimum absolute atomic E-state index is 0.0231. The summed E-state index contributed by atoms with van der Waals surface area (Å²) in [5.74, 6) is -0.862. The molecule has 1 heterocycles. The molecule has 1 rings (SSSR count). The molecule has 2 N–H and O–H groups in total. The lowest BCUT2D eigenvalue weighted by molar-refractivity contribution is -0.147. The third-order valence-corrected chi connectivity index (χ3v) is 1.16. The number of rotatable bonds is 2. The Balaban J connectivity index is 2.84. The van der Waals surface area contributed by atoms with Crippen molar-refractivity contribution in [3.05, 3.63) is 17.5 Å². The highest BCUT2D eigenvalue weighted by Crippen LogP contribution is 2.11. The monoisotopic (exact) mass is 157 g/mol. The molecule has 60 valence electrons. The van der Waals surface area contributed by atoms with Crippen LogP contribution in [0.4, 0.5) is 0 Å². The molecule has 0 bridgehead atoms. The summed E-state index contributed by atoms with van der Waals surface area (Å²) < 4.78 is 4.56. The average molecular weight is 157 g/mol. The van der Waals surface area contributed by atoms with Crippen LogP contribution in [0.1, 0.15) is 17.6 Å². The minimum atomic E-state index is -1.59. The summed E-state index contributed by atoms with van der Waals surface area (Å²) in [5, 5.41) is 20.5.